The zero-order valence-electron chi connectivity index (χ0n) is 13.8. The van der Waals surface area contributed by atoms with Gasteiger partial charge in [0.1, 0.15) is 5.82 Å². The van der Waals surface area contributed by atoms with Gasteiger partial charge in [-0.05, 0) is 59.7 Å². The molecule has 1 aromatic heterocycles. The smallest absolute Gasteiger partial charge is 0.251 e. The fraction of sp³-hybridized carbons (Fsp3) is 0.100. The third-order valence-corrected chi connectivity index (χ3v) is 5.55. The van der Waals surface area contributed by atoms with Crippen LogP contribution in [0.25, 0.3) is 0 Å². The summed E-state index contributed by atoms with van der Waals surface area (Å²) in [5, 5.41) is 2.81. The maximum absolute atomic E-state index is 13.3. The van der Waals surface area contributed by atoms with E-state index in [2.05, 4.69) is 26.2 Å². The van der Waals surface area contributed by atoms with Crippen molar-refractivity contribution in [2.24, 2.45) is 0 Å². The van der Waals surface area contributed by atoms with Crippen LogP contribution in [-0.2, 0) is 12.3 Å². The van der Waals surface area contributed by atoms with Crippen LogP contribution >= 0.6 is 27.7 Å². The third-order valence-electron chi connectivity index (χ3n) is 3.69. The van der Waals surface area contributed by atoms with Crippen LogP contribution in [0.3, 0.4) is 0 Å². The molecule has 0 bridgehead atoms. The van der Waals surface area contributed by atoms with E-state index in [1.165, 1.54) is 12.1 Å². The van der Waals surface area contributed by atoms with Crippen LogP contribution < -0.4 is 5.32 Å². The number of carbonyl (C=O) groups excluding carboxylic acids is 1. The van der Waals surface area contributed by atoms with E-state index in [1.807, 2.05) is 30.5 Å². The molecule has 0 aliphatic rings. The molecule has 0 aliphatic carbocycles. The molecule has 0 saturated carbocycles. The number of amides is 1. The highest BCUT2D eigenvalue weighted by atomic mass is 79.9. The highest BCUT2D eigenvalue weighted by Gasteiger charge is 2.08. The lowest BCUT2D eigenvalue weighted by molar-refractivity contribution is 0.0950. The highest BCUT2D eigenvalue weighted by molar-refractivity contribution is 9.10. The molecule has 1 N–H and O–H groups in total. The van der Waals surface area contributed by atoms with Crippen LogP contribution in [-0.4, -0.2) is 10.9 Å². The molecule has 0 radical (unpaired) electrons. The molecule has 26 heavy (non-hydrogen) atoms. The fourth-order valence-electron chi connectivity index (χ4n) is 2.31. The first kappa shape index (κ1) is 18.6. The first-order chi connectivity index (χ1) is 12.6. The van der Waals surface area contributed by atoms with Gasteiger partial charge in [-0.2, -0.15) is 0 Å². The molecular weight excluding hydrogens is 415 g/mol. The fourth-order valence-corrected chi connectivity index (χ4v) is 3.53. The number of hydrogen-bond donors (Lipinski definition) is 1. The number of nitrogens with one attached hydrogen (secondary N) is 1. The van der Waals surface area contributed by atoms with Gasteiger partial charge in [0.15, 0.2) is 0 Å². The summed E-state index contributed by atoms with van der Waals surface area (Å²) in [6.07, 6.45) is 3.60. The van der Waals surface area contributed by atoms with Crippen molar-refractivity contribution in [3.05, 3.63) is 94.0 Å². The van der Waals surface area contributed by atoms with E-state index in [0.717, 1.165) is 20.7 Å². The molecule has 0 saturated heterocycles. The topological polar surface area (TPSA) is 42.0 Å². The quantitative estimate of drug-likeness (QED) is 0.546. The predicted molar refractivity (Wildman–Crippen MR) is 106 cm³/mol. The molecule has 3 rings (SSSR count). The van der Waals surface area contributed by atoms with Crippen molar-refractivity contribution in [1.82, 2.24) is 10.3 Å². The first-order valence-corrected chi connectivity index (χ1v) is 9.73. The van der Waals surface area contributed by atoms with E-state index >= 15 is 0 Å². The Hall–Kier alpha value is -2.18. The zero-order chi connectivity index (χ0) is 18.4. The monoisotopic (exact) mass is 430 g/mol. The van der Waals surface area contributed by atoms with Crippen molar-refractivity contribution >= 4 is 33.6 Å². The lowest BCUT2D eigenvalue weighted by Crippen LogP contribution is -2.23. The molecule has 1 amide bonds. The van der Waals surface area contributed by atoms with Gasteiger partial charge in [-0.15, -0.1) is 11.8 Å². The molecule has 1 heterocycles. The summed E-state index contributed by atoms with van der Waals surface area (Å²) in [7, 11) is 0. The van der Waals surface area contributed by atoms with Gasteiger partial charge in [-0.1, -0.05) is 22.0 Å². The van der Waals surface area contributed by atoms with Crippen molar-refractivity contribution in [2.75, 3.05) is 0 Å². The van der Waals surface area contributed by atoms with Crippen LogP contribution in [0.15, 0.2) is 76.4 Å². The molecule has 0 fully saturated rings. The van der Waals surface area contributed by atoms with E-state index < -0.39 is 0 Å². The molecule has 0 atom stereocenters. The number of nitrogens with zero attached hydrogens (tertiary/aromatic N) is 1. The van der Waals surface area contributed by atoms with Crippen molar-refractivity contribution in [3.8, 4) is 0 Å². The standard InChI is InChI=1S/C20H16BrFN2OS/c21-19-8-5-17(22)10-16(19)12-24-20(25)15-3-6-18(7-4-15)26-13-14-2-1-9-23-11-14/h1-11H,12-13H2,(H,24,25). The average molecular weight is 431 g/mol. The number of rotatable bonds is 6. The summed E-state index contributed by atoms with van der Waals surface area (Å²) in [5.74, 6) is 0.310. The lowest BCUT2D eigenvalue weighted by Gasteiger charge is -2.08. The Kier molecular flexibility index (Phi) is 6.41. The Balaban J connectivity index is 1.55. The zero-order valence-corrected chi connectivity index (χ0v) is 16.2. The minimum Gasteiger partial charge on any atom is -0.348 e. The minimum absolute atomic E-state index is 0.190. The van der Waals surface area contributed by atoms with E-state index in [4.69, 9.17) is 0 Å². The molecule has 0 aliphatic heterocycles. The number of thioether (sulfide) groups is 1. The minimum atomic E-state index is -0.326. The molecule has 6 heteroatoms. The second-order valence-electron chi connectivity index (χ2n) is 5.59. The van der Waals surface area contributed by atoms with Gasteiger partial charge in [0, 0.05) is 39.6 Å². The van der Waals surface area contributed by atoms with Gasteiger partial charge in [-0.3, -0.25) is 9.78 Å². The summed E-state index contributed by atoms with van der Waals surface area (Å²) in [4.78, 5) is 17.4. The molecule has 0 spiro atoms. The number of carbonyl (C=O) groups is 1. The molecule has 2 aromatic carbocycles. The molecule has 3 nitrogen and oxygen atoms in total. The average Bonchev–Trinajstić information content (AvgIpc) is 2.68. The van der Waals surface area contributed by atoms with Gasteiger partial charge in [0.2, 0.25) is 0 Å². The van der Waals surface area contributed by atoms with Crippen LogP contribution in [0.2, 0.25) is 0 Å². The summed E-state index contributed by atoms with van der Waals surface area (Å²) in [5.41, 5.74) is 2.42. The van der Waals surface area contributed by atoms with Crippen molar-refractivity contribution in [1.29, 1.82) is 0 Å². The number of halogens is 2. The number of benzene rings is 2. The van der Waals surface area contributed by atoms with Gasteiger partial charge < -0.3 is 5.32 Å². The van der Waals surface area contributed by atoms with E-state index in [9.17, 15) is 9.18 Å². The Morgan fingerprint density at radius 3 is 2.69 bits per heavy atom. The predicted octanol–water partition coefficient (Wildman–Crippen LogP) is 5.21. The van der Waals surface area contributed by atoms with Crippen LogP contribution in [0.4, 0.5) is 4.39 Å². The van der Waals surface area contributed by atoms with Gasteiger partial charge in [0.25, 0.3) is 5.91 Å². The summed E-state index contributed by atoms with van der Waals surface area (Å²) >= 11 is 5.05. The molecule has 132 valence electrons. The Morgan fingerprint density at radius 1 is 1.15 bits per heavy atom. The second-order valence-corrected chi connectivity index (χ2v) is 7.50. The Labute approximate surface area is 164 Å². The van der Waals surface area contributed by atoms with Crippen molar-refractivity contribution in [3.63, 3.8) is 0 Å². The molecule has 3 aromatic rings. The largest absolute Gasteiger partial charge is 0.348 e. The Bertz CT molecular complexity index is 888. The van der Waals surface area contributed by atoms with Crippen molar-refractivity contribution < 1.29 is 9.18 Å². The summed E-state index contributed by atoms with van der Waals surface area (Å²) < 4.78 is 14.1. The maximum atomic E-state index is 13.3. The second kappa shape index (κ2) is 8.96. The van der Waals surface area contributed by atoms with Crippen LogP contribution in [0.1, 0.15) is 21.5 Å². The molecular formula is C20H16BrFN2OS. The number of pyridine rings is 1. The first-order valence-electron chi connectivity index (χ1n) is 7.96. The SMILES string of the molecule is O=C(NCc1cc(F)ccc1Br)c1ccc(SCc2cccnc2)cc1. The molecule has 0 unspecified atom stereocenters. The summed E-state index contributed by atoms with van der Waals surface area (Å²) in [6.45, 7) is 0.259. The Morgan fingerprint density at radius 2 is 1.96 bits per heavy atom. The van der Waals surface area contributed by atoms with Gasteiger partial charge in [0.05, 0.1) is 0 Å². The lowest BCUT2D eigenvalue weighted by atomic mass is 10.2. The van der Waals surface area contributed by atoms with E-state index in [1.54, 1.807) is 36.2 Å². The highest BCUT2D eigenvalue weighted by Crippen LogP contribution is 2.23. The van der Waals surface area contributed by atoms with Gasteiger partial charge in [-0.25, -0.2) is 4.39 Å². The third kappa shape index (κ3) is 5.16. The van der Waals surface area contributed by atoms with Crippen LogP contribution in [0.5, 0.6) is 0 Å². The van der Waals surface area contributed by atoms with Gasteiger partial charge >= 0.3 is 0 Å². The van der Waals surface area contributed by atoms with E-state index in [-0.39, 0.29) is 18.3 Å². The number of aromatic nitrogens is 1. The number of hydrogen-bond acceptors (Lipinski definition) is 3. The normalized spacial score (nSPS) is 10.5. The maximum Gasteiger partial charge on any atom is 0.251 e. The van der Waals surface area contributed by atoms with E-state index in [0.29, 0.717) is 11.1 Å². The summed E-state index contributed by atoms with van der Waals surface area (Å²) in [6, 6.07) is 15.8. The van der Waals surface area contributed by atoms with Crippen molar-refractivity contribution in [2.45, 2.75) is 17.2 Å². The van der Waals surface area contributed by atoms with Crippen LogP contribution in [0, 0.1) is 5.82 Å².